The molecule has 146 valence electrons. The molecule has 4 nitrogen and oxygen atoms in total. The fourth-order valence-electron chi connectivity index (χ4n) is 3.36. The molecule has 0 aliphatic carbocycles. The lowest BCUT2D eigenvalue weighted by Gasteiger charge is -2.37. The number of aromatic nitrogens is 1. The van der Waals surface area contributed by atoms with Gasteiger partial charge < -0.3 is 15.0 Å². The molecule has 2 aromatic rings. The third-order valence-corrected chi connectivity index (χ3v) is 4.62. The molecule has 1 fully saturated rings. The van der Waals surface area contributed by atoms with Gasteiger partial charge in [-0.05, 0) is 50.6 Å². The molecule has 0 bridgehead atoms. The van der Waals surface area contributed by atoms with Crippen LogP contribution in [0.4, 0.5) is 24.5 Å². The molecule has 0 amide bonds. The van der Waals surface area contributed by atoms with Crippen molar-refractivity contribution in [1.82, 2.24) is 4.98 Å². The fourth-order valence-corrected chi connectivity index (χ4v) is 3.36. The van der Waals surface area contributed by atoms with Crippen LogP contribution in [0.2, 0.25) is 0 Å². The van der Waals surface area contributed by atoms with Gasteiger partial charge in [-0.1, -0.05) is 6.07 Å². The van der Waals surface area contributed by atoms with Gasteiger partial charge in [-0.3, -0.25) is 4.98 Å². The van der Waals surface area contributed by atoms with Crippen LogP contribution in [0.5, 0.6) is 0 Å². The first-order chi connectivity index (χ1) is 12.8. The van der Waals surface area contributed by atoms with E-state index in [0.717, 1.165) is 5.56 Å². The quantitative estimate of drug-likeness (QED) is 0.798. The second-order valence-corrected chi connectivity index (χ2v) is 7.01. The van der Waals surface area contributed by atoms with Crippen LogP contribution < -0.4 is 10.2 Å². The molecule has 1 aliphatic heterocycles. The lowest BCUT2D eigenvalue weighted by molar-refractivity contribution is -0.00539. The van der Waals surface area contributed by atoms with Crippen molar-refractivity contribution in [3.8, 4) is 0 Å². The number of pyridine rings is 1. The fraction of sp³-hybridized carbons (Fsp3) is 0.450. The van der Waals surface area contributed by atoms with E-state index in [1.165, 1.54) is 18.3 Å². The standard InChI is InChI=1S/C20H24F3N3O/c1-12-10-26(11-13(2)27-12)19-7-5-16(8-17(19)21)25-14(3)15-4-6-18(20(22)23)24-9-15/h4-9,12-14,20,25H,10-11H2,1-3H3. The lowest BCUT2D eigenvalue weighted by atomic mass is 10.1. The molecule has 1 aliphatic rings. The number of hydrogen-bond donors (Lipinski definition) is 1. The van der Waals surface area contributed by atoms with Gasteiger partial charge in [0.05, 0.1) is 23.9 Å². The van der Waals surface area contributed by atoms with Crippen molar-refractivity contribution in [2.24, 2.45) is 0 Å². The first-order valence-corrected chi connectivity index (χ1v) is 9.04. The van der Waals surface area contributed by atoms with Gasteiger partial charge in [0.1, 0.15) is 11.5 Å². The maximum atomic E-state index is 14.7. The van der Waals surface area contributed by atoms with E-state index in [2.05, 4.69) is 10.3 Å². The van der Waals surface area contributed by atoms with Crippen molar-refractivity contribution >= 4 is 11.4 Å². The maximum absolute atomic E-state index is 14.7. The molecule has 0 radical (unpaired) electrons. The monoisotopic (exact) mass is 379 g/mol. The van der Waals surface area contributed by atoms with Crippen LogP contribution in [-0.2, 0) is 4.74 Å². The molecule has 27 heavy (non-hydrogen) atoms. The van der Waals surface area contributed by atoms with Gasteiger partial charge in [0.15, 0.2) is 0 Å². The zero-order valence-corrected chi connectivity index (χ0v) is 15.6. The summed E-state index contributed by atoms with van der Waals surface area (Å²) in [5.41, 5.74) is 1.67. The molecule has 1 N–H and O–H groups in total. The summed E-state index contributed by atoms with van der Waals surface area (Å²) in [5, 5.41) is 3.18. The summed E-state index contributed by atoms with van der Waals surface area (Å²) in [6, 6.07) is 7.75. The third-order valence-electron chi connectivity index (χ3n) is 4.62. The van der Waals surface area contributed by atoms with Crippen molar-refractivity contribution in [2.75, 3.05) is 23.3 Å². The molecule has 1 aromatic carbocycles. The SMILES string of the molecule is CC1CN(c2ccc(NC(C)c3ccc(C(F)F)nc3)cc2F)CC(C)O1. The molecule has 0 spiro atoms. The number of nitrogens with zero attached hydrogens (tertiary/aromatic N) is 2. The van der Waals surface area contributed by atoms with E-state index in [1.807, 2.05) is 31.7 Å². The number of nitrogens with one attached hydrogen (secondary N) is 1. The highest BCUT2D eigenvalue weighted by Crippen LogP contribution is 2.28. The Hall–Kier alpha value is -2.28. The van der Waals surface area contributed by atoms with Crippen LogP contribution in [0.25, 0.3) is 0 Å². The Labute approximate surface area is 157 Å². The van der Waals surface area contributed by atoms with Crippen molar-refractivity contribution in [2.45, 2.75) is 45.4 Å². The minimum absolute atomic E-state index is 0.0506. The van der Waals surface area contributed by atoms with Gasteiger partial charge in [0, 0.05) is 25.0 Å². The van der Waals surface area contributed by atoms with Crippen LogP contribution in [0.3, 0.4) is 0 Å². The Balaban J connectivity index is 1.70. The summed E-state index contributed by atoms with van der Waals surface area (Å²) >= 11 is 0. The predicted molar refractivity (Wildman–Crippen MR) is 99.9 cm³/mol. The highest BCUT2D eigenvalue weighted by molar-refractivity contribution is 5.57. The topological polar surface area (TPSA) is 37.4 Å². The predicted octanol–water partition coefficient (Wildman–Crippen LogP) is 4.95. The van der Waals surface area contributed by atoms with Crippen molar-refractivity contribution < 1.29 is 17.9 Å². The van der Waals surface area contributed by atoms with Crippen LogP contribution in [0.1, 0.15) is 44.5 Å². The van der Waals surface area contributed by atoms with Crippen LogP contribution in [0.15, 0.2) is 36.5 Å². The summed E-state index contributed by atoms with van der Waals surface area (Å²) in [7, 11) is 0. The lowest BCUT2D eigenvalue weighted by Crippen LogP contribution is -2.45. The Morgan fingerprint density at radius 1 is 1.15 bits per heavy atom. The highest BCUT2D eigenvalue weighted by Gasteiger charge is 2.24. The molecular formula is C20H24F3N3O. The first-order valence-electron chi connectivity index (χ1n) is 9.04. The molecule has 3 unspecified atom stereocenters. The minimum atomic E-state index is -2.59. The zero-order chi connectivity index (χ0) is 19.6. The Morgan fingerprint density at radius 2 is 1.85 bits per heavy atom. The van der Waals surface area contributed by atoms with Crippen molar-refractivity contribution in [1.29, 1.82) is 0 Å². The van der Waals surface area contributed by atoms with E-state index < -0.39 is 6.43 Å². The van der Waals surface area contributed by atoms with Crippen LogP contribution >= 0.6 is 0 Å². The Morgan fingerprint density at radius 3 is 2.41 bits per heavy atom. The van der Waals surface area contributed by atoms with Gasteiger partial charge in [-0.2, -0.15) is 0 Å². The molecule has 1 saturated heterocycles. The average Bonchev–Trinajstić information content (AvgIpc) is 2.61. The Kier molecular flexibility index (Phi) is 5.89. The molecular weight excluding hydrogens is 355 g/mol. The normalized spacial score (nSPS) is 21.4. The second-order valence-electron chi connectivity index (χ2n) is 7.01. The van der Waals surface area contributed by atoms with E-state index in [0.29, 0.717) is 24.5 Å². The average molecular weight is 379 g/mol. The number of morpholine rings is 1. The van der Waals surface area contributed by atoms with E-state index in [-0.39, 0.29) is 29.8 Å². The summed E-state index contributed by atoms with van der Waals surface area (Å²) in [6.07, 6.45) is -1.07. The number of anilines is 2. The number of halogens is 3. The number of alkyl halides is 2. The minimum Gasteiger partial charge on any atom is -0.378 e. The van der Waals surface area contributed by atoms with E-state index in [1.54, 1.807) is 12.1 Å². The Bertz CT molecular complexity index is 760. The molecule has 7 heteroatoms. The largest absolute Gasteiger partial charge is 0.378 e. The van der Waals surface area contributed by atoms with Crippen molar-refractivity contribution in [3.05, 3.63) is 53.6 Å². The van der Waals surface area contributed by atoms with E-state index in [9.17, 15) is 13.2 Å². The second kappa shape index (κ2) is 8.17. The number of hydrogen-bond acceptors (Lipinski definition) is 4. The van der Waals surface area contributed by atoms with E-state index in [4.69, 9.17) is 4.74 Å². The van der Waals surface area contributed by atoms with Gasteiger partial charge in [-0.15, -0.1) is 0 Å². The molecule has 2 heterocycles. The van der Waals surface area contributed by atoms with Gasteiger partial charge >= 0.3 is 0 Å². The summed E-state index contributed by atoms with van der Waals surface area (Å²) in [4.78, 5) is 5.76. The number of ether oxygens (including phenoxy) is 1. The van der Waals surface area contributed by atoms with E-state index >= 15 is 0 Å². The smallest absolute Gasteiger partial charge is 0.280 e. The highest BCUT2D eigenvalue weighted by atomic mass is 19.3. The summed E-state index contributed by atoms with van der Waals surface area (Å²) in [5.74, 6) is -0.306. The maximum Gasteiger partial charge on any atom is 0.280 e. The van der Waals surface area contributed by atoms with Crippen LogP contribution in [-0.4, -0.2) is 30.3 Å². The van der Waals surface area contributed by atoms with Gasteiger partial charge in [0.2, 0.25) is 0 Å². The van der Waals surface area contributed by atoms with Crippen LogP contribution in [0, 0.1) is 5.82 Å². The molecule has 0 saturated carbocycles. The molecule has 3 rings (SSSR count). The first kappa shape index (κ1) is 19.5. The third kappa shape index (κ3) is 4.71. The zero-order valence-electron chi connectivity index (χ0n) is 15.6. The van der Waals surface area contributed by atoms with Crippen molar-refractivity contribution in [3.63, 3.8) is 0 Å². The molecule has 1 aromatic heterocycles. The van der Waals surface area contributed by atoms with Gasteiger partial charge in [0.25, 0.3) is 6.43 Å². The summed E-state index contributed by atoms with van der Waals surface area (Å²) in [6.45, 7) is 7.12. The molecule has 3 atom stereocenters. The summed E-state index contributed by atoms with van der Waals surface area (Å²) < 4.78 is 45.6. The van der Waals surface area contributed by atoms with Gasteiger partial charge in [-0.25, -0.2) is 13.2 Å². The number of benzene rings is 1. The number of rotatable bonds is 5.